The summed E-state index contributed by atoms with van der Waals surface area (Å²) >= 11 is 0. The van der Waals surface area contributed by atoms with Crippen LogP contribution in [-0.2, 0) is 6.42 Å². The van der Waals surface area contributed by atoms with Crippen LogP contribution in [0.25, 0.3) is 0 Å². The average Bonchev–Trinajstić information content (AvgIpc) is 1.85. The normalized spacial score (nSPS) is 9.90. The number of halogens is 1. The Morgan fingerprint density at radius 1 is 1.50 bits per heavy atom. The van der Waals surface area contributed by atoms with Gasteiger partial charge in [-0.3, -0.25) is 0 Å². The zero-order valence-electron chi connectivity index (χ0n) is 6.06. The minimum Gasteiger partial charge on any atom is -0.238 e. The van der Waals surface area contributed by atoms with Crippen LogP contribution in [0.2, 0.25) is 0 Å². The van der Waals surface area contributed by atoms with Crippen molar-refractivity contribution in [3.8, 4) is 0 Å². The van der Waals surface area contributed by atoms with Crippen molar-refractivity contribution >= 4 is 0 Å². The van der Waals surface area contributed by atoms with E-state index in [-0.39, 0.29) is 0 Å². The van der Waals surface area contributed by atoms with E-state index in [0.29, 0.717) is 17.9 Å². The summed E-state index contributed by atoms with van der Waals surface area (Å²) in [6, 6.07) is 1.32. The van der Waals surface area contributed by atoms with Crippen LogP contribution < -0.4 is 0 Å². The molecule has 0 aliphatic rings. The van der Waals surface area contributed by atoms with Gasteiger partial charge in [0.2, 0.25) is 5.95 Å². The number of hydrogen-bond donors (Lipinski definition) is 0. The van der Waals surface area contributed by atoms with E-state index in [0.717, 1.165) is 0 Å². The molecule has 0 aliphatic carbocycles. The van der Waals surface area contributed by atoms with Crippen LogP contribution in [0, 0.1) is 12.9 Å². The van der Waals surface area contributed by atoms with E-state index in [1.807, 2.05) is 6.92 Å². The molecule has 1 rings (SSSR count). The summed E-state index contributed by atoms with van der Waals surface area (Å²) < 4.78 is 12.5. The summed E-state index contributed by atoms with van der Waals surface area (Å²) in [4.78, 5) is 7.58. The van der Waals surface area contributed by atoms with Gasteiger partial charge in [-0.2, -0.15) is 4.39 Å². The van der Waals surface area contributed by atoms with Gasteiger partial charge in [0.15, 0.2) is 0 Å². The number of hydrogen-bond acceptors (Lipinski definition) is 2. The lowest BCUT2D eigenvalue weighted by Gasteiger charge is -1.95. The molecule has 0 atom stereocenters. The molecule has 0 saturated carbocycles. The predicted molar refractivity (Wildman–Crippen MR) is 36.1 cm³/mol. The highest BCUT2D eigenvalue weighted by atomic mass is 19.1. The highest BCUT2D eigenvalue weighted by molar-refractivity contribution is 5.01. The lowest BCUT2D eigenvalue weighted by Crippen LogP contribution is -1.97. The van der Waals surface area contributed by atoms with Crippen LogP contribution in [0.15, 0.2) is 6.07 Å². The third kappa shape index (κ3) is 1.50. The van der Waals surface area contributed by atoms with Crippen molar-refractivity contribution < 1.29 is 4.39 Å². The molecule has 1 aromatic heterocycles. The molecule has 0 N–H and O–H groups in total. The molecular formula is C7H9FN2. The molecule has 2 nitrogen and oxygen atoms in total. The Balaban J connectivity index is 3.06. The number of nitrogens with zero attached hydrogens (tertiary/aromatic N) is 2. The van der Waals surface area contributed by atoms with Crippen LogP contribution in [0.3, 0.4) is 0 Å². The minimum atomic E-state index is -0.440. The van der Waals surface area contributed by atoms with Crippen molar-refractivity contribution in [1.82, 2.24) is 9.97 Å². The van der Waals surface area contributed by atoms with Gasteiger partial charge in [-0.1, -0.05) is 6.92 Å². The summed E-state index contributed by atoms with van der Waals surface area (Å²) in [6.45, 7) is 3.65. The van der Waals surface area contributed by atoms with Gasteiger partial charge in [0, 0.05) is 18.2 Å². The van der Waals surface area contributed by atoms with Crippen molar-refractivity contribution in [3.63, 3.8) is 0 Å². The molecule has 0 aliphatic heterocycles. The first kappa shape index (κ1) is 7.12. The fraction of sp³-hybridized carbons (Fsp3) is 0.429. The van der Waals surface area contributed by atoms with E-state index < -0.39 is 5.95 Å². The molecule has 0 aromatic carbocycles. The molecule has 0 saturated heterocycles. The lowest BCUT2D eigenvalue weighted by atomic mass is 10.4. The topological polar surface area (TPSA) is 25.8 Å². The van der Waals surface area contributed by atoms with Crippen molar-refractivity contribution in [3.05, 3.63) is 23.5 Å². The minimum absolute atomic E-state index is 0.440. The molecule has 0 unspecified atom stereocenters. The predicted octanol–water partition coefficient (Wildman–Crippen LogP) is 1.49. The van der Waals surface area contributed by atoms with Gasteiger partial charge in [-0.05, 0) is 6.92 Å². The van der Waals surface area contributed by atoms with E-state index in [9.17, 15) is 4.39 Å². The van der Waals surface area contributed by atoms with Gasteiger partial charge in [0.1, 0.15) is 5.82 Å². The Morgan fingerprint density at radius 3 is 2.70 bits per heavy atom. The number of aryl methyl sites for hydroxylation is 2. The number of aromatic nitrogens is 2. The maximum atomic E-state index is 12.5. The van der Waals surface area contributed by atoms with Crippen LogP contribution in [0.1, 0.15) is 18.4 Å². The van der Waals surface area contributed by atoms with E-state index in [2.05, 4.69) is 9.97 Å². The Morgan fingerprint density at radius 2 is 2.20 bits per heavy atom. The first-order valence-electron chi connectivity index (χ1n) is 3.22. The molecular weight excluding hydrogens is 131 g/mol. The third-order valence-electron chi connectivity index (χ3n) is 1.19. The van der Waals surface area contributed by atoms with Crippen molar-refractivity contribution in [2.24, 2.45) is 0 Å². The zero-order chi connectivity index (χ0) is 7.56. The lowest BCUT2D eigenvalue weighted by molar-refractivity contribution is 0.568. The van der Waals surface area contributed by atoms with Crippen LogP contribution >= 0.6 is 0 Å². The number of rotatable bonds is 1. The highest BCUT2D eigenvalue weighted by Gasteiger charge is 1.97. The maximum Gasteiger partial charge on any atom is 0.216 e. The van der Waals surface area contributed by atoms with E-state index >= 15 is 0 Å². The fourth-order valence-electron chi connectivity index (χ4n) is 0.747. The van der Waals surface area contributed by atoms with Gasteiger partial charge >= 0.3 is 0 Å². The van der Waals surface area contributed by atoms with Gasteiger partial charge in [0.25, 0.3) is 0 Å². The van der Waals surface area contributed by atoms with Crippen molar-refractivity contribution in [2.45, 2.75) is 20.3 Å². The van der Waals surface area contributed by atoms with Gasteiger partial charge in [0.05, 0.1) is 0 Å². The van der Waals surface area contributed by atoms with Gasteiger partial charge < -0.3 is 0 Å². The Kier molecular flexibility index (Phi) is 1.94. The van der Waals surface area contributed by atoms with Crippen LogP contribution in [0.4, 0.5) is 4.39 Å². The smallest absolute Gasteiger partial charge is 0.216 e. The summed E-state index contributed by atoms with van der Waals surface area (Å²) in [5, 5.41) is 0. The van der Waals surface area contributed by atoms with Crippen LogP contribution in [-0.4, -0.2) is 9.97 Å². The van der Waals surface area contributed by atoms with Gasteiger partial charge in [-0.25, -0.2) is 9.97 Å². The molecule has 0 amide bonds. The fourth-order valence-corrected chi connectivity index (χ4v) is 0.747. The molecule has 0 fully saturated rings. The van der Waals surface area contributed by atoms with Crippen molar-refractivity contribution in [1.29, 1.82) is 0 Å². The first-order valence-corrected chi connectivity index (χ1v) is 3.22. The molecule has 54 valence electrons. The highest BCUT2D eigenvalue weighted by Crippen LogP contribution is 1.98. The van der Waals surface area contributed by atoms with Gasteiger partial charge in [-0.15, -0.1) is 0 Å². The third-order valence-corrected chi connectivity index (χ3v) is 1.19. The Labute approximate surface area is 59.1 Å². The quantitative estimate of drug-likeness (QED) is 0.552. The summed E-state index contributed by atoms with van der Waals surface area (Å²) in [7, 11) is 0. The Hall–Kier alpha value is -0.990. The summed E-state index contributed by atoms with van der Waals surface area (Å²) in [6.07, 6.45) is 0.679. The molecule has 0 bridgehead atoms. The van der Waals surface area contributed by atoms with E-state index in [1.165, 1.54) is 6.07 Å². The molecule has 1 heterocycles. The van der Waals surface area contributed by atoms with Crippen LogP contribution in [0.5, 0.6) is 0 Å². The summed E-state index contributed by atoms with van der Waals surface area (Å²) in [5.41, 5.74) is 0.685. The standard InChI is InChI=1S/C7H9FN2/c1-3-7-9-5(2)4-6(8)10-7/h4H,3H2,1-2H3. The van der Waals surface area contributed by atoms with E-state index in [4.69, 9.17) is 0 Å². The second kappa shape index (κ2) is 2.73. The average molecular weight is 140 g/mol. The zero-order valence-corrected chi connectivity index (χ0v) is 6.06. The Bertz CT molecular complexity index is 215. The first-order chi connectivity index (χ1) is 4.72. The molecule has 1 aromatic rings. The monoisotopic (exact) mass is 140 g/mol. The SMILES string of the molecule is CCc1nc(C)cc(F)n1. The van der Waals surface area contributed by atoms with Crippen molar-refractivity contribution in [2.75, 3.05) is 0 Å². The largest absolute Gasteiger partial charge is 0.238 e. The molecule has 0 radical (unpaired) electrons. The maximum absolute atomic E-state index is 12.5. The molecule has 0 spiro atoms. The second-order valence-corrected chi connectivity index (χ2v) is 2.10. The molecule has 10 heavy (non-hydrogen) atoms. The summed E-state index contributed by atoms with van der Waals surface area (Å²) in [5.74, 6) is 0.127. The second-order valence-electron chi connectivity index (χ2n) is 2.10. The molecule has 3 heteroatoms. The van der Waals surface area contributed by atoms with E-state index in [1.54, 1.807) is 6.92 Å².